The van der Waals surface area contributed by atoms with Crippen LogP contribution in [0.4, 0.5) is 5.69 Å². The summed E-state index contributed by atoms with van der Waals surface area (Å²) < 4.78 is 5.23. The molecule has 0 heterocycles. The van der Waals surface area contributed by atoms with Crippen molar-refractivity contribution < 1.29 is 19.4 Å². The maximum Gasteiger partial charge on any atom is 0.305 e. The maximum atomic E-state index is 11.1. The number of carbonyl (C=O) groups is 2. The van der Waals surface area contributed by atoms with Crippen LogP contribution in [0.1, 0.15) is 18.9 Å². The van der Waals surface area contributed by atoms with Crippen LogP contribution in [0.5, 0.6) is 5.75 Å². The molecule has 19 heavy (non-hydrogen) atoms. The highest BCUT2D eigenvalue weighted by Gasteiger charge is 2.15. The summed E-state index contributed by atoms with van der Waals surface area (Å²) in [6.07, 6.45) is 1.17. The first-order chi connectivity index (χ1) is 9.03. The van der Waals surface area contributed by atoms with Crippen molar-refractivity contribution in [1.29, 1.82) is 0 Å². The fourth-order valence-corrected chi connectivity index (χ4v) is 1.98. The van der Waals surface area contributed by atoms with E-state index in [0.29, 0.717) is 22.9 Å². The molecule has 5 nitrogen and oxygen atoms in total. The van der Waals surface area contributed by atoms with Crippen molar-refractivity contribution in [1.82, 2.24) is 0 Å². The molecule has 0 saturated heterocycles. The molecular weight excluding hydrogens is 270 g/mol. The molecule has 0 aliphatic carbocycles. The van der Waals surface area contributed by atoms with E-state index >= 15 is 0 Å². The summed E-state index contributed by atoms with van der Waals surface area (Å²) in [5.41, 5.74) is 1.38. The molecular formula is C13H16ClNO4. The fraction of sp³-hybridized carbons (Fsp3) is 0.385. The predicted octanol–water partition coefficient (Wildman–Crippen LogP) is 2.35. The number of nitrogens with zero attached hydrogens (tertiary/aromatic N) is 1. The molecule has 0 aromatic heterocycles. The van der Waals surface area contributed by atoms with E-state index in [1.165, 1.54) is 12.0 Å². The van der Waals surface area contributed by atoms with Crippen molar-refractivity contribution in [3.63, 3.8) is 0 Å². The molecule has 0 aliphatic rings. The minimum absolute atomic E-state index is 0.0665. The molecule has 1 N–H and O–H groups in total. The van der Waals surface area contributed by atoms with E-state index in [4.69, 9.17) is 21.4 Å². The third-order valence-electron chi connectivity index (χ3n) is 2.73. The second kappa shape index (κ2) is 6.99. The summed E-state index contributed by atoms with van der Waals surface area (Å²) in [6.45, 7) is 2.03. The number of benzene rings is 1. The highest BCUT2D eigenvalue weighted by molar-refractivity contribution is 6.31. The summed E-state index contributed by atoms with van der Waals surface area (Å²) in [6, 6.07) is 3.38. The number of rotatable bonds is 7. The van der Waals surface area contributed by atoms with Gasteiger partial charge in [0.05, 0.1) is 19.2 Å². The quantitative estimate of drug-likeness (QED) is 0.781. The van der Waals surface area contributed by atoms with E-state index in [9.17, 15) is 9.59 Å². The Balaban J connectivity index is 3.11. The first-order valence-corrected chi connectivity index (χ1v) is 6.21. The molecule has 0 fully saturated rings. The summed E-state index contributed by atoms with van der Waals surface area (Å²) in [7, 11) is 1.49. The summed E-state index contributed by atoms with van der Waals surface area (Å²) in [5, 5.41) is 9.20. The van der Waals surface area contributed by atoms with Crippen molar-refractivity contribution in [3.05, 3.63) is 22.7 Å². The van der Waals surface area contributed by atoms with Crippen molar-refractivity contribution in [2.24, 2.45) is 0 Å². The summed E-state index contributed by atoms with van der Waals surface area (Å²) in [5.74, 6) is -0.471. The third-order valence-corrected chi connectivity index (χ3v) is 3.08. The van der Waals surface area contributed by atoms with Crippen LogP contribution in [0.25, 0.3) is 0 Å². The molecule has 0 spiro atoms. The number of aryl methyl sites for hydroxylation is 1. The highest BCUT2D eigenvalue weighted by Crippen LogP contribution is 2.34. The zero-order valence-corrected chi connectivity index (χ0v) is 11.6. The molecule has 0 aliphatic heterocycles. The molecule has 0 unspecified atom stereocenters. The van der Waals surface area contributed by atoms with Gasteiger partial charge in [-0.1, -0.05) is 18.5 Å². The Hall–Kier alpha value is -1.75. The van der Waals surface area contributed by atoms with Crippen LogP contribution in [0.3, 0.4) is 0 Å². The van der Waals surface area contributed by atoms with Gasteiger partial charge in [0, 0.05) is 11.6 Å². The lowest BCUT2D eigenvalue weighted by atomic mass is 10.1. The van der Waals surface area contributed by atoms with Gasteiger partial charge in [0.15, 0.2) is 0 Å². The lowest BCUT2D eigenvalue weighted by molar-refractivity contribution is -0.136. The molecule has 0 saturated carbocycles. The number of ether oxygens (including phenoxy) is 1. The highest BCUT2D eigenvalue weighted by atomic mass is 35.5. The van der Waals surface area contributed by atoms with Gasteiger partial charge in [-0.15, -0.1) is 0 Å². The minimum atomic E-state index is -0.970. The monoisotopic (exact) mass is 285 g/mol. The van der Waals surface area contributed by atoms with Crippen molar-refractivity contribution in [3.8, 4) is 5.75 Å². The van der Waals surface area contributed by atoms with Crippen LogP contribution in [-0.2, 0) is 16.0 Å². The largest absolute Gasteiger partial charge is 0.495 e. The van der Waals surface area contributed by atoms with Crippen LogP contribution < -0.4 is 9.64 Å². The average molecular weight is 286 g/mol. The lowest BCUT2D eigenvalue weighted by Gasteiger charge is -2.20. The van der Waals surface area contributed by atoms with Gasteiger partial charge in [0.1, 0.15) is 5.75 Å². The topological polar surface area (TPSA) is 66.8 Å². The molecule has 1 aromatic carbocycles. The van der Waals surface area contributed by atoms with Crippen molar-refractivity contribution in [2.45, 2.75) is 19.8 Å². The molecule has 1 aromatic rings. The molecule has 6 heteroatoms. The van der Waals surface area contributed by atoms with Gasteiger partial charge in [0.2, 0.25) is 6.41 Å². The van der Waals surface area contributed by atoms with Crippen LogP contribution in [-0.4, -0.2) is 31.1 Å². The maximum absolute atomic E-state index is 11.1. The van der Waals surface area contributed by atoms with Crippen molar-refractivity contribution >= 4 is 29.7 Å². The average Bonchev–Trinajstić information content (AvgIpc) is 2.39. The number of hydrogen-bond donors (Lipinski definition) is 1. The number of carbonyl (C=O) groups excluding carboxylic acids is 1. The van der Waals surface area contributed by atoms with Gasteiger partial charge >= 0.3 is 5.97 Å². The molecule has 0 atom stereocenters. The van der Waals surface area contributed by atoms with Gasteiger partial charge in [0.25, 0.3) is 0 Å². The second-order valence-electron chi connectivity index (χ2n) is 3.91. The number of anilines is 1. The minimum Gasteiger partial charge on any atom is -0.495 e. The molecule has 1 amide bonds. The molecule has 0 bridgehead atoms. The number of halogens is 1. The normalized spacial score (nSPS) is 10.1. The predicted molar refractivity (Wildman–Crippen MR) is 73.0 cm³/mol. The number of carboxylic acid groups (broad SMARTS) is 1. The first kappa shape index (κ1) is 15.3. The van der Waals surface area contributed by atoms with Gasteiger partial charge in [-0.2, -0.15) is 0 Å². The van der Waals surface area contributed by atoms with E-state index in [1.807, 2.05) is 6.92 Å². The van der Waals surface area contributed by atoms with E-state index in [1.54, 1.807) is 12.1 Å². The zero-order valence-electron chi connectivity index (χ0n) is 10.9. The smallest absolute Gasteiger partial charge is 0.305 e. The molecule has 1 rings (SSSR count). The van der Waals surface area contributed by atoms with Crippen LogP contribution >= 0.6 is 11.6 Å². The number of methoxy groups -OCH3 is 1. The standard InChI is InChI=1S/C13H16ClNO4/c1-3-9-6-12(19-2)11(7-10(9)14)15(8-16)5-4-13(17)18/h6-8H,3-5H2,1-2H3,(H,17,18). The van der Waals surface area contributed by atoms with Gasteiger partial charge in [-0.3, -0.25) is 9.59 Å². The van der Waals surface area contributed by atoms with Crippen LogP contribution in [0.15, 0.2) is 12.1 Å². The third kappa shape index (κ3) is 3.86. The fourth-order valence-electron chi connectivity index (χ4n) is 1.69. The van der Waals surface area contributed by atoms with Crippen LogP contribution in [0, 0.1) is 0 Å². The van der Waals surface area contributed by atoms with Gasteiger partial charge < -0.3 is 14.7 Å². The Morgan fingerprint density at radius 1 is 1.53 bits per heavy atom. The summed E-state index contributed by atoms with van der Waals surface area (Å²) in [4.78, 5) is 22.9. The molecule has 104 valence electrons. The Morgan fingerprint density at radius 2 is 2.21 bits per heavy atom. The second-order valence-corrected chi connectivity index (χ2v) is 4.32. The lowest BCUT2D eigenvalue weighted by Crippen LogP contribution is -2.25. The van der Waals surface area contributed by atoms with Gasteiger partial charge in [-0.05, 0) is 24.1 Å². The SMILES string of the molecule is CCc1cc(OC)c(N(C=O)CCC(=O)O)cc1Cl. The number of aliphatic carboxylic acids is 1. The Kier molecular flexibility index (Phi) is 5.63. The Bertz CT molecular complexity index is 476. The van der Waals surface area contributed by atoms with E-state index < -0.39 is 5.97 Å². The number of amides is 1. The number of hydrogen-bond acceptors (Lipinski definition) is 3. The zero-order chi connectivity index (χ0) is 14.4. The van der Waals surface area contributed by atoms with E-state index in [0.717, 1.165) is 12.0 Å². The summed E-state index contributed by atoms with van der Waals surface area (Å²) >= 11 is 6.11. The Morgan fingerprint density at radius 3 is 2.68 bits per heavy atom. The Labute approximate surface area is 116 Å². The van der Waals surface area contributed by atoms with Crippen LogP contribution in [0.2, 0.25) is 5.02 Å². The first-order valence-electron chi connectivity index (χ1n) is 5.83. The van der Waals surface area contributed by atoms with Gasteiger partial charge in [-0.25, -0.2) is 0 Å². The molecule has 0 radical (unpaired) electrons. The van der Waals surface area contributed by atoms with Crippen molar-refractivity contribution in [2.75, 3.05) is 18.6 Å². The van der Waals surface area contributed by atoms with E-state index in [-0.39, 0.29) is 13.0 Å². The number of carboxylic acids is 1. The van der Waals surface area contributed by atoms with E-state index in [2.05, 4.69) is 0 Å².